The van der Waals surface area contributed by atoms with Gasteiger partial charge in [0, 0.05) is 53.7 Å². The van der Waals surface area contributed by atoms with Gasteiger partial charge in [0.1, 0.15) is 0 Å². The molecule has 10 heteroatoms. The third-order valence-electron chi connectivity index (χ3n) is 4.22. The molecule has 0 amide bonds. The molecule has 0 saturated carbocycles. The summed E-state index contributed by atoms with van der Waals surface area (Å²) in [4.78, 5) is 6.53. The molecule has 0 aliphatic rings. The number of benzene rings is 1. The maximum absolute atomic E-state index is 12.5. The van der Waals surface area contributed by atoms with Gasteiger partial charge in [0.25, 0.3) is 0 Å². The van der Waals surface area contributed by atoms with Crippen LogP contribution < -0.4 is 5.32 Å². The monoisotopic (exact) mass is 539 g/mol. The van der Waals surface area contributed by atoms with Gasteiger partial charge < -0.3 is 14.8 Å². The first-order valence-corrected chi connectivity index (χ1v) is 10.2. The van der Waals surface area contributed by atoms with Crippen LogP contribution in [-0.2, 0) is 30.2 Å². The molecule has 28 heavy (non-hydrogen) atoms. The highest BCUT2D eigenvalue weighted by atomic mass is 127. The number of hydrogen-bond donors (Lipinski definition) is 1. The van der Waals surface area contributed by atoms with Crippen LogP contribution in [0.25, 0.3) is 0 Å². The highest BCUT2D eigenvalue weighted by molar-refractivity contribution is 14.0. The first-order chi connectivity index (χ1) is 12.7. The lowest BCUT2D eigenvalue weighted by Gasteiger charge is -2.23. The lowest BCUT2D eigenvalue weighted by molar-refractivity contribution is 0.461. The molecule has 1 aromatic carbocycles. The Kier molecular flexibility index (Phi) is 9.25. The Morgan fingerprint density at radius 1 is 1.25 bits per heavy atom. The molecule has 0 saturated heterocycles. The maximum Gasteiger partial charge on any atom is 0.242 e. The summed E-state index contributed by atoms with van der Waals surface area (Å²) in [6.45, 7) is 0.953. The summed E-state index contributed by atoms with van der Waals surface area (Å²) in [5.41, 5.74) is 1.73. The fraction of sp³-hybridized carbons (Fsp3) is 0.389. The molecule has 0 fully saturated rings. The molecular weight excluding hydrogens is 513 g/mol. The Hall–Kier alpha value is -1.30. The number of hydrogen-bond acceptors (Lipinski definition) is 3. The number of guanidine groups is 1. The molecular formula is C18H27ClIN5O2S. The van der Waals surface area contributed by atoms with E-state index in [2.05, 4.69) is 10.3 Å². The van der Waals surface area contributed by atoms with Gasteiger partial charge in [-0.05, 0) is 17.7 Å². The van der Waals surface area contributed by atoms with Crippen LogP contribution >= 0.6 is 35.6 Å². The first-order valence-electron chi connectivity index (χ1n) is 8.39. The van der Waals surface area contributed by atoms with Crippen LogP contribution in [0.15, 0.2) is 46.4 Å². The third-order valence-corrected chi connectivity index (χ3v) is 6.34. The Balaban J connectivity index is 0.00000392. The van der Waals surface area contributed by atoms with E-state index >= 15 is 0 Å². The van der Waals surface area contributed by atoms with Gasteiger partial charge in [0.05, 0.1) is 16.5 Å². The number of nitrogens with zero attached hydrogens (tertiary/aromatic N) is 4. The lowest BCUT2D eigenvalue weighted by Crippen LogP contribution is -2.38. The van der Waals surface area contributed by atoms with E-state index in [1.165, 1.54) is 18.4 Å². The third kappa shape index (κ3) is 5.85. The van der Waals surface area contributed by atoms with Crippen molar-refractivity contribution in [2.45, 2.75) is 18.0 Å². The molecule has 1 heterocycles. The lowest BCUT2D eigenvalue weighted by atomic mass is 10.2. The van der Waals surface area contributed by atoms with Gasteiger partial charge >= 0.3 is 0 Å². The topological polar surface area (TPSA) is 69.9 Å². The van der Waals surface area contributed by atoms with E-state index in [9.17, 15) is 8.42 Å². The molecule has 0 aliphatic carbocycles. The predicted octanol–water partition coefficient (Wildman–Crippen LogP) is 2.75. The van der Waals surface area contributed by atoms with E-state index < -0.39 is 10.0 Å². The second kappa shape index (κ2) is 10.5. The number of aliphatic imine (C=N–C) groups is 1. The number of halogens is 2. The van der Waals surface area contributed by atoms with Crippen molar-refractivity contribution in [3.8, 4) is 0 Å². The molecule has 2 aromatic rings. The molecule has 0 unspecified atom stereocenters. The minimum atomic E-state index is -3.51. The van der Waals surface area contributed by atoms with Gasteiger partial charge in [-0.25, -0.2) is 12.7 Å². The summed E-state index contributed by atoms with van der Waals surface area (Å²) in [5.74, 6) is 0.657. The fourth-order valence-corrected chi connectivity index (χ4v) is 4.09. The normalized spacial score (nSPS) is 12.0. The second-order valence-corrected chi connectivity index (χ2v) is 8.97. The first kappa shape index (κ1) is 24.7. The highest BCUT2D eigenvalue weighted by Gasteiger charge is 2.21. The molecule has 156 valence electrons. The summed E-state index contributed by atoms with van der Waals surface area (Å²) < 4.78 is 28.2. The highest BCUT2D eigenvalue weighted by Crippen LogP contribution is 2.18. The van der Waals surface area contributed by atoms with Crippen LogP contribution in [0.1, 0.15) is 11.3 Å². The molecule has 0 atom stereocenters. The maximum atomic E-state index is 12.5. The van der Waals surface area contributed by atoms with Gasteiger partial charge in [-0.3, -0.25) is 4.99 Å². The number of aryl methyl sites for hydroxylation is 1. The average molecular weight is 540 g/mol. The molecule has 0 bridgehead atoms. The molecule has 0 spiro atoms. The minimum Gasteiger partial charge on any atom is -0.352 e. The van der Waals surface area contributed by atoms with E-state index in [-0.39, 0.29) is 28.9 Å². The van der Waals surface area contributed by atoms with Crippen molar-refractivity contribution in [2.75, 3.05) is 28.2 Å². The van der Waals surface area contributed by atoms with Crippen LogP contribution in [-0.4, -0.2) is 56.3 Å². The smallest absolute Gasteiger partial charge is 0.242 e. The van der Waals surface area contributed by atoms with Crippen molar-refractivity contribution in [3.63, 3.8) is 0 Å². The quantitative estimate of drug-likeness (QED) is 0.348. The van der Waals surface area contributed by atoms with E-state index in [0.29, 0.717) is 29.6 Å². The van der Waals surface area contributed by atoms with Crippen molar-refractivity contribution < 1.29 is 8.42 Å². The summed E-state index contributed by atoms with van der Waals surface area (Å²) in [5, 5.41) is 3.92. The summed E-state index contributed by atoms with van der Waals surface area (Å²) in [6, 6.07) is 8.87. The van der Waals surface area contributed by atoms with Crippen molar-refractivity contribution in [1.29, 1.82) is 0 Å². The Bertz CT molecular complexity index is 928. The largest absolute Gasteiger partial charge is 0.352 e. The summed E-state index contributed by atoms with van der Waals surface area (Å²) >= 11 is 6.04. The van der Waals surface area contributed by atoms with Crippen LogP contribution in [0.3, 0.4) is 0 Å². The van der Waals surface area contributed by atoms with E-state index in [1.807, 2.05) is 41.9 Å². The van der Waals surface area contributed by atoms with Crippen LogP contribution in [0, 0.1) is 0 Å². The zero-order valence-corrected chi connectivity index (χ0v) is 20.6. The molecule has 7 nitrogen and oxygen atoms in total. The number of aromatic nitrogens is 1. The van der Waals surface area contributed by atoms with Gasteiger partial charge in [-0.1, -0.05) is 29.8 Å². The second-order valence-electron chi connectivity index (χ2n) is 6.41. The Morgan fingerprint density at radius 3 is 2.43 bits per heavy atom. The molecule has 1 N–H and O–H groups in total. The van der Waals surface area contributed by atoms with Gasteiger partial charge in [0.2, 0.25) is 10.0 Å². The van der Waals surface area contributed by atoms with E-state index in [0.717, 1.165) is 5.69 Å². The molecule has 0 aliphatic heterocycles. The fourth-order valence-electron chi connectivity index (χ4n) is 2.70. The van der Waals surface area contributed by atoms with Crippen molar-refractivity contribution in [3.05, 3.63) is 52.8 Å². The van der Waals surface area contributed by atoms with E-state index in [1.54, 1.807) is 25.2 Å². The minimum absolute atomic E-state index is 0. The molecule has 0 radical (unpaired) electrons. The number of rotatable bonds is 6. The number of sulfonamides is 1. The zero-order chi connectivity index (χ0) is 20.2. The van der Waals surface area contributed by atoms with Gasteiger partial charge in [-0.15, -0.1) is 24.0 Å². The summed E-state index contributed by atoms with van der Waals surface area (Å²) in [6.07, 6.45) is 1.85. The molecule has 1 aromatic heterocycles. The Morgan fingerprint density at radius 2 is 1.89 bits per heavy atom. The van der Waals surface area contributed by atoms with Crippen LogP contribution in [0.5, 0.6) is 0 Å². The van der Waals surface area contributed by atoms with Crippen LogP contribution in [0.2, 0.25) is 5.02 Å². The van der Waals surface area contributed by atoms with E-state index in [4.69, 9.17) is 11.6 Å². The predicted molar refractivity (Wildman–Crippen MR) is 125 cm³/mol. The van der Waals surface area contributed by atoms with Crippen LogP contribution in [0.4, 0.5) is 0 Å². The van der Waals surface area contributed by atoms with Crippen molar-refractivity contribution in [1.82, 2.24) is 19.1 Å². The van der Waals surface area contributed by atoms with Crippen molar-refractivity contribution in [2.24, 2.45) is 12.0 Å². The summed E-state index contributed by atoms with van der Waals surface area (Å²) in [7, 11) is 5.09. The Labute approximate surface area is 189 Å². The average Bonchev–Trinajstić information content (AvgIpc) is 2.92. The SMILES string of the molecule is CN=C(NCc1ccccc1S(=O)(=O)N(C)C)N(C)Cc1cc(Cl)cn1C.I. The molecule has 2 rings (SSSR count). The van der Waals surface area contributed by atoms with Gasteiger partial charge in [0.15, 0.2) is 5.96 Å². The standard InChI is InChI=1S/C18H26ClN5O2S.HI/c1-20-18(24(5)13-16-10-15(19)12-23(16)4)21-11-14-8-6-7-9-17(14)27(25,26)22(2)3;/h6-10,12H,11,13H2,1-5H3,(H,20,21);1H. The van der Waals surface area contributed by atoms with Gasteiger partial charge in [-0.2, -0.15) is 0 Å². The number of nitrogens with one attached hydrogen (secondary N) is 1. The zero-order valence-electron chi connectivity index (χ0n) is 16.7. The van der Waals surface area contributed by atoms with Crippen molar-refractivity contribution >= 4 is 51.6 Å².